The number of halogens is 3. The fourth-order valence-electron chi connectivity index (χ4n) is 2.51. The molecule has 0 aliphatic carbocycles. The molecule has 1 aromatic carbocycles. The van der Waals surface area contributed by atoms with Crippen molar-refractivity contribution in [2.75, 3.05) is 6.54 Å². The highest BCUT2D eigenvalue weighted by molar-refractivity contribution is 5.25. The lowest BCUT2D eigenvalue weighted by Gasteiger charge is -2.32. The van der Waals surface area contributed by atoms with Crippen molar-refractivity contribution in [1.82, 2.24) is 0 Å². The molecule has 2 N–H and O–H groups in total. The van der Waals surface area contributed by atoms with Crippen LogP contribution in [0.15, 0.2) is 24.3 Å². The summed E-state index contributed by atoms with van der Waals surface area (Å²) in [6, 6.07) is 5.47. The van der Waals surface area contributed by atoms with E-state index in [0.29, 0.717) is 6.54 Å². The van der Waals surface area contributed by atoms with Gasteiger partial charge in [0.25, 0.3) is 0 Å². The van der Waals surface area contributed by atoms with Crippen molar-refractivity contribution in [1.29, 1.82) is 0 Å². The van der Waals surface area contributed by atoms with Crippen LogP contribution in [0.3, 0.4) is 0 Å². The minimum absolute atomic E-state index is 0.00968. The lowest BCUT2D eigenvalue weighted by Crippen LogP contribution is -2.32. The summed E-state index contributed by atoms with van der Waals surface area (Å²) in [6.45, 7) is 4.81. The lowest BCUT2D eigenvalue weighted by molar-refractivity contribution is -0.137. The van der Waals surface area contributed by atoms with E-state index in [9.17, 15) is 13.2 Å². The number of benzene rings is 1. The first kappa shape index (κ1) is 17.0. The van der Waals surface area contributed by atoms with Crippen LogP contribution in [0.4, 0.5) is 13.2 Å². The normalized spacial score (nSPS) is 15.1. The molecule has 1 nitrogen and oxygen atoms in total. The van der Waals surface area contributed by atoms with Crippen LogP contribution in [0.1, 0.15) is 50.7 Å². The van der Waals surface area contributed by atoms with Crippen molar-refractivity contribution in [2.45, 2.75) is 52.1 Å². The molecule has 0 aromatic heterocycles. The maximum Gasteiger partial charge on any atom is 0.416 e. The van der Waals surface area contributed by atoms with E-state index in [1.807, 2.05) is 0 Å². The molecule has 0 fully saturated rings. The maximum absolute atomic E-state index is 12.5. The summed E-state index contributed by atoms with van der Waals surface area (Å²) in [5, 5.41) is 0. The quantitative estimate of drug-likeness (QED) is 0.766. The topological polar surface area (TPSA) is 26.0 Å². The van der Waals surface area contributed by atoms with Gasteiger partial charge in [-0.3, -0.25) is 0 Å². The van der Waals surface area contributed by atoms with E-state index in [4.69, 9.17) is 5.73 Å². The van der Waals surface area contributed by atoms with Crippen LogP contribution in [0.25, 0.3) is 0 Å². The van der Waals surface area contributed by atoms with E-state index >= 15 is 0 Å². The minimum Gasteiger partial charge on any atom is -0.330 e. The second-order valence-electron chi connectivity index (χ2n) is 5.53. The van der Waals surface area contributed by atoms with Crippen LogP contribution in [-0.2, 0) is 12.6 Å². The number of hydrogen-bond donors (Lipinski definition) is 1. The van der Waals surface area contributed by atoms with Crippen molar-refractivity contribution in [3.63, 3.8) is 0 Å². The Labute approximate surface area is 119 Å². The molecular weight excluding hydrogens is 263 g/mol. The zero-order valence-corrected chi connectivity index (χ0v) is 12.3. The van der Waals surface area contributed by atoms with Gasteiger partial charge < -0.3 is 5.73 Å². The summed E-state index contributed by atoms with van der Waals surface area (Å²) < 4.78 is 37.6. The molecule has 1 aromatic rings. The Balaban J connectivity index is 2.84. The molecule has 20 heavy (non-hydrogen) atoms. The molecule has 4 heteroatoms. The molecule has 0 spiro atoms. The van der Waals surface area contributed by atoms with E-state index in [1.165, 1.54) is 0 Å². The average Bonchev–Trinajstić information content (AvgIpc) is 2.43. The van der Waals surface area contributed by atoms with Gasteiger partial charge >= 0.3 is 6.18 Å². The Morgan fingerprint density at radius 2 is 1.65 bits per heavy atom. The number of unbranched alkanes of at least 4 members (excludes halogenated alkanes) is 1. The largest absolute Gasteiger partial charge is 0.416 e. The Bertz CT molecular complexity index is 391. The molecule has 0 saturated carbocycles. The zero-order valence-electron chi connectivity index (χ0n) is 12.3. The third-order valence-corrected chi connectivity index (χ3v) is 4.10. The van der Waals surface area contributed by atoms with Gasteiger partial charge in [-0.1, -0.05) is 38.8 Å². The van der Waals surface area contributed by atoms with Gasteiger partial charge in [-0.15, -0.1) is 0 Å². The third kappa shape index (κ3) is 4.51. The van der Waals surface area contributed by atoms with Crippen molar-refractivity contribution >= 4 is 0 Å². The van der Waals surface area contributed by atoms with E-state index in [2.05, 4.69) is 13.8 Å². The number of alkyl halides is 3. The molecule has 114 valence electrons. The van der Waals surface area contributed by atoms with E-state index in [1.54, 1.807) is 12.1 Å². The van der Waals surface area contributed by atoms with Gasteiger partial charge in [0.1, 0.15) is 0 Å². The number of nitrogens with two attached hydrogens (primary N) is 1. The van der Waals surface area contributed by atoms with Crippen LogP contribution in [-0.4, -0.2) is 6.54 Å². The predicted octanol–water partition coefficient (Wildman–Crippen LogP) is 4.79. The first-order valence-corrected chi connectivity index (χ1v) is 7.23. The Morgan fingerprint density at radius 1 is 1.05 bits per heavy atom. The molecule has 0 radical (unpaired) electrons. The second-order valence-corrected chi connectivity index (χ2v) is 5.53. The van der Waals surface area contributed by atoms with Crippen molar-refractivity contribution in [2.24, 2.45) is 11.1 Å². The van der Waals surface area contributed by atoms with Gasteiger partial charge in [0, 0.05) is 0 Å². The Morgan fingerprint density at radius 3 is 2.05 bits per heavy atom. The van der Waals surface area contributed by atoms with Crippen LogP contribution in [0.5, 0.6) is 0 Å². The van der Waals surface area contributed by atoms with E-state index in [0.717, 1.165) is 49.8 Å². The fraction of sp³-hybridized carbons (Fsp3) is 0.625. The summed E-state index contributed by atoms with van der Waals surface area (Å²) in [6.07, 6.45) is 0.664. The fourth-order valence-corrected chi connectivity index (χ4v) is 2.51. The highest BCUT2D eigenvalue weighted by Gasteiger charge is 2.31. The first-order chi connectivity index (χ1) is 9.37. The lowest BCUT2D eigenvalue weighted by atomic mass is 9.75. The molecule has 1 rings (SSSR count). The van der Waals surface area contributed by atoms with Crippen LogP contribution in [0.2, 0.25) is 0 Å². The minimum atomic E-state index is -4.27. The summed E-state index contributed by atoms with van der Waals surface area (Å²) >= 11 is 0. The highest BCUT2D eigenvalue weighted by atomic mass is 19.4. The molecule has 0 heterocycles. The van der Waals surface area contributed by atoms with E-state index < -0.39 is 11.7 Å². The summed E-state index contributed by atoms with van der Waals surface area (Å²) in [7, 11) is 0. The van der Waals surface area contributed by atoms with Gasteiger partial charge in [-0.25, -0.2) is 0 Å². The van der Waals surface area contributed by atoms with Crippen LogP contribution < -0.4 is 5.73 Å². The second kappa shape index (κ2) is 7.11. The number of rotatable bonds is 7. The standard InChI is InChI=1S/C16H24F3N/c1-3-5-10-15(4-2,12-20)11-13-6-8-14(9-7-13)16(17,18)19/h6-9H,3-5,10-12,20H2,1-2H3. The predicted molar refractivity (Wildman–Crippen MR) is 76.5 cm³/mol. The molecular formula is C16H24F3N. The van der Waals surface area contributed by atoms with E-state index in [-0.39, 0.29) is 5.41 Å². The maximum atomic E-state index is 12.5. The number of hydrogen-bond acceptors (Lipinski definition) is 1. The molecule has 0 bridgehead atoms. The van der Waals surface area contributed by atoms with Crippen molar-refractivity contribution in [3.05, 3.63) is 35.4 Å². The van der Waals surface area contributed by atoms with Gasteiger partial charge in [0.2, 0.25) is 0 Å². The van der Waals surface area contributed by atoms with Crippen LogP contribution >= 0.6 is 0 Å². The molecule has 0 aliphatic heterocycles. The molecule has 0 amide bonds. The summed E-state index contributed by atoms with van der Waals surface area (Å²) in [5.41, 5.74) is 6.27. The molecule has 0 aliphatic rings. The summed E-state index contributed by atoms with van der Waals surface area (Å²) in [4.78, 5) is 0. The Kier molecular flexibility index (Phi) is 6.06. The SMILES string of the molecule is CCCCC(CC)(CN)Cc1ccc(C(F)(F)F)cc1. The van der Waals surface area contributed by atoms with Gasteiger partial charge in [-0.05, 0) is 48.9 Å². The Hall–Kier alpha value is -1.03. The first-order valence-electron chi connectivity index (χ1n) is 7.23. The highest BCUT2D eigenvalue weighted by Crippen LogP contribution is 2.34. The van der Waals surface area contributed by atoms with Gasteiger partial charge in [0.15, 0.2) is 0 Å². The zero-order chi connectivity index (χ0) is 15.2. The smallest absolute Gasteiger partial charge is 0.330 e. The third-order valence-electron chi connectivity index (χ3n) is 4.10. The summed E-state index contributed by atoms with van der Waals surface area (Å²) in [5.74, 6) is 0. The van der Waals surface area contributed by atoms with Crippen LogP contribution in [0, 0.1) is 5.41 Å². The average molecular weight is 287 g/mol. The van der Waals surface area contributed by atoms with Crippen molar-refractivity contribution < 1.29 is 13.2 Å². The van der Waals surface area contributed by atoms with Gasteiger partial charge in [-0.2, -0.15) is 13.2 Å². The molecule has 0 saturated heterocycles. The molecule has 1 atom stereocenters. The van der Waals surface area contributed by atoms with Crippen molar-refractivity contribution in [3.8, 4) is 0 Å². The monoisotopic (exact) mass is 287 g/mol. The molecule has 1 unspecified atom stereocenters. The van der Waals surface area contributed by atoms with Gasteiger partial charge in [0.05, 0.1) is 5.56 Å².